The molecule has 3 heterocycles. The number of benzene rings is 1. The number of rotatable bonds is 7. The number of hydrogen-bond donors (Lipinski definition) is 0. The van der Waals surface area contributed by atoms with Crippen LogP contribution in [-0.2, 0) is 27.3 Å². The molecule has 1 unspecified atom stereocenters. The lowest BCUT2D eigenvalue weighted by Gasteiger charge is -2.51. The van der Waals surface area contributed by atoms with Gasteiger partial charge in [0.2, 0.25) is 11.8 Å². The van der Waals surface area contributed by atoms with E-state index in [4.69, 9.17) is 14.0 Å². The summed E-state index contributed by atoms with van der Waals surface area (Å²) >= 11 is 0. The number of likely N-dealkylation sites (tertiary alicyclic amines) is 1. The molecule has 1 aromatic heterocycles. The van der Waals surface area contributed by atoms with Gasteiger partial charge in [0.25, 0.3) is 0 Å². The number of carbonyl (C=O) groups is 2. The van der Waals surface area contributed by atoms with Gasteiger partial charge in [-0.25, -0.2) is 0 Å². The summed E-state index contributed by atoms with van der Waals surface area (Å²) in [5.74, 6) is 0.741. The number of ether oxygens (including phenoxy) is 2. The lowest BCUT2D eigenvalue weighted by atomic mass is 9.73. The third-order valence-corrected chi connectivity index (χ3v) is 5.95. The third-order valence-electron chi connectivity index (χ3n) is 5.95. The quantitative estimate of drug-likeness (QED) is 0.688. The Morgan fingerprint density at radius 2 is 2.17 bits per heavy atom. The summed E-state index contributed by atoms with van der Waals surface area (Å²) in [4.78, 5) is 29.7. The first-order valence-corrected chi connectivity index (χ1v) is 10.1. The highest BCUT2D eigenvalue weighted by atomic mass is 16.5. The molecule has 2 fully saturated rings. The van der Waals surface area contributed by atoms with Crippen molar-refractivity contribution in [2.75, 3.05) is 40.5 Å². The van der Waals surface area contributed by atoms with Crippen molar-refractivity contribution in [3.05, 3.63) is 47.9 Å². The predicted molar refractivity (Wildman–Crippen MR) is 108 cm³/mol. The molecule has 2 saturated heterocycles. The largest absolute Gasteiger partial charge is 0.497 e. The minimum atomic E-state index is -0.667. The fraction of sp³-hybridized carbons (Fsp3) is 0.500. The lowest BCUT2D eigenvalue weighted by Crippen LogP contribution is -2.66. The van der Waals surface area contributed by atoms with Crippen molar-refractivity contribution in [1.29, 1.82) is 0 Å². The van der Waals surface area contributed by atoms with Crippen molar-refractivity contribution >= 4 is 11.8 Å². The zero-order chi connectivity index (χ0) is 21.1. The van der Waals surface area contributed by atoms with Crippen LogP contribution in [0.5, 0.6) is 5.75 Å². The summed E-state index contributed by atoms with van der Waals surface area (Å²) in [6.45, 7) is 2.26. The predicted octanol–water partition coefficient (Wildman–Crippen LogP) is 1.75. The first-order valence-electron chi connectivity index (χ1n) is 10.1. The van der Waals surface area contributed by atoms with E-state index in [0.29, 0.717) is 45.0 Å². The molecule has 2 aromatic rings. The van der Waals surface area contributed by atoms with Gasteiger partial charge in [-0.1, -0.05) is 17.3 Å². The Bertz CT molecular complexity index is 886. The number of aromatic nitrogens is 1. The molecule has 8 nitrogen and oxygen atoms in total. The highest BCUT2D eigenvalue weighted by Crippen LogP contribution is 2.38. The van der Waals surface area contributed by atoms with Crippen molar-refractivity contribution in [3.63, 3.8) is 0 Å². The van der Waals surface area contributed by atoms with E-state index in [1.165, 1.54) is 6.26 Å². The molecular weight excluding hydrogens is 386 g/mol. The molecule has 2 amide bonds. The van der Waals surface area contributed by atoms with Gasteiger partial charge in [0.15, 0.2) is 0 Å². The molecule has 0 N–H and O–H groups in total. The van der Waals surface area contributed by atoms with Gasteiger partial charge in [-0.05, 0) is 30.5 Å². The van der Waals surface area contributed by atoms with Crippen molar-refractivity contribution in [3.8, 4) is 5.75 Å². The monoisotopic (exact) mass is 413 g/mol. The number of carbonyl (C=O) groups excluding carboxylic acids is 2. The van der Waals surface area contributed by atoms with Crippen molar-refractivity contribution in [1.82, 2.24) is 15.0 Å². The molecule has 1 atom stereocenters. The van der Waals surface area contributed by atoms with Crippen LogP contribution in [0.4, 0.5) is 0 Å². The summed E-state index contributed by atoms with van der Waals surface area (Å²) in [5, 5.41) is 3.90. The highest BCUT2D eigenvalue weighted by molar-refractivity contribution is 5.88. The lowest BCUT2D eigenvalue weighted by molar-refractivity contribution is -0.162. The summed E-state index contributed by atoms with van der Waals surface area (Å²) in [6, 6.07) is 9.48. The van der Waals surface area contributed by atoms with Crippen LogP contribution in [0.2, 0.25) is 0 Å². The Morgan fingerprint density at radius 1 is 1.33 bits per heavy atom. The molecule has 8 heteroatoms. The van der Waals surface area contributed by atoms with E-state index in [-0.39, 0.29) is 17.7 Å². The molecule has 1 aromatic carbocycles. The Morgan fingerprint density at radius 3 is 2.83 bits per heavy atom. The Balaban J connectivity index is 1.52. The molecular formula is C22H27N3O5. The van der Waals surface area contributed by atoms with E-state index >= 15 is 0 Å². The minimum absolute atomic E-state index is 0.0000387. The van der Waals surface area contributed by atoms with E-state index < -0.39 is 5.41 Å². The smallest absolute Gasteiger partial charge is 0.232 e. The van der Waals surface area contributed by atoms with Crippen molar-refractivity contribution < 1.29 is 23.6 Å². The zero-order valence-corrected chi connectivity index (χ0v) is 17.4. The van der Waals surface area contributed by atoms with E-state index in [2.05, 4.69) is 5.16 Å². The van der Waals surface area contributed by atoms with Crippen LogP contribution in [0.1, 0.15) is 17.7 Å². The Kier molecular flexibility index (Phi) is 5.76. The van der Waals surface area contributed by atoms with Gasteiger partial charge in [-0.2, -0.15) is 0 Å². The van der Waals surface area contributed by atoms with Crippen molar-refractivity contribution in [2.45, 2.75) is 19.4 Å². The maximum absolute atomic E-state index is 13.5. The van der Waals surface area contributed by atoms with E-state index in [0.717, 1.165) is 17.7 Å². The average molecular weight is 413 g/mol. The number of hydrogen-bond acceptors (Lipinski definition) is 6. The van der Waals surface area contributed by atoms with Crippen LogP contribution in [-0.4, -0.2) is 67.2 Å². The van der Waals surface area contributed by atoms with E-state index in [1.54, 1.807) is 30.0 Å². The Hall–Kier alpha value is -2.87. The summed E-state index contributed by atoms with van der Waals surface area (Å²) in [6.07, 6.45) is 2.78. The standard InChI is InChI=1S/C22H27N3O5/c1-24(12-18-7-9-30-23-18)21(27)22(11-16-4-3-5-19(10-16)28-2)14-25(15-22)20(26)17-6-8-29-13-17/h3-5,7,9-10,17H,6,8,11-15H2,1-2H3. The third kappa shape index (κ3) is 4.05. The number of nitrogens with zero attached hydrogens (tertiary/aromatic N) is 3. The molecule has 2 aliphatic rings. The SMILES string of the molecule is COc1cccc(CC2(C(=O)N(C)Cc3ccon3)CN(C(=O)C3CCOC3)C2)c1. The Labute approximate surface area is 175 Å². The molecule has 0 radical (unpaired) electrons. The van der Waals surface area contributed by atoms with Gasteiger partial charge >= 0.3 is 0 Å². The van der Waals surface area contributed by atoms with Gasteiger partial charge in [0.05, 0.1) is 31.6 Å². The second kappa shape index (κ2) is 8.47. The topological polar surface area (TPSA) is 85.1 Å². The van der Waals surface area contributed by atoms with Crippen LogP contribution in [0.15, 0.2) is 41.1 Å². The van der Waals surface area contributed by atoms with Gasteiger partial charge < -0.3 is 23.8 Å². The van der Waals surface area contributed by atoms with Gasteiger partial charge in [-0.15, -0.1) is 0 Å². The maximum Gasteiger partial charge on any atom is 0.232 e. The van der Waals surface area contributed by atoms with E-state index in [1.807, 2.05) is 24.3 Å². The summed E-state index contributed by atoms with van der Waals surface area (Å²) in [7, 11) is 3.39. The second-order valence-electron chi connectivity index (χ2n) is 8.22. The summed E-state index contributed by atoms with van der Waals surface area (Å²) in [5.41, 5.74) is 1.03. The normalized spacial score (nSPS) is 19.9. The summed E-state index contributed by atoms with van der Waals surface area (Å²) < 4.78 is 15.6. The molecule has 0 saturated carbocycles. The van der Waals surface area contributed by atoms with Crippen LogP contribution >= 0.6 is 0 Å². The first kappa shape index (κ1) is 20.4. The fourth-order valence-electron chi connectivity index (χ4n) is 4.36. The molecule has 160 valence electrons. The number of methoxy groups -OCH3 is 1. The van der Waals surface area contributed by atoms with Gasteiger partial charge in [-0.3, -0.25) is 9.59 Å². The molecule has 0 spiro atoms. The average Bonchev–Trinajstić information content (AvgIpc) is 3.43. The van der Waals surface area contributed by atoms with E-state index in [9.17, 15) is 9.59 Å². The zero-order valence-electron chi connectivity index (χ0n) is 17.4. The number of amides is 2. The first-order chi connectivity index (χ1) is 14.5. The second-order valence-corrected chi connectivity index (χ2v) is 8.22. The molecule has 30 heavy (non-hydrogen) atoms. The van der Waals surface area contributed by atoms with Crippen LogP contribution in [0, 0.1) is 11.3 Å². The van der Waals surface area contributed by atoms with Crippen LogP contribution in [0.25, 0.3) is 0 Å². The van der Waals surface area contributed by atoms with Crippen LogP contribution < -0.4 is 4.74 Å². The molecule has 4 rings (SSSR count). The van der Waals surface area contributed by atoms with Gasteiger partial charge in [0.1, 0.15) is 17.7 Å². The van der Waals surface area contributed by atoms with Crippen molar-refractivity contribution in [2.24, 2.45) is 11.3 Å². The van der Waals surface area contributed by atoms with Crippen LogP contribution in [0.3, 0.4) is 0 Å². The molecule has 2 aliphatic heterocycles. The maximum atomic E-state index is 13.5. The van der Waals surface area contributed by atoms with Gasteiger partial charge in [0, 0.05) is 32.8 Å². The fourth-order valence-corrected chi connectivity index (χ4v) is 4.36. The molecule has 0 bridgehead atoms. The molecule has 0 aliphatic carbocycles. The minimum Gasteiger partial charge on any atom is -0.497 e. The highest BCUT2D eigenvalue weighted by Gasteiger charge is 2.53.